The maximum absolute atomic E-state index is 7.50. The second-order valence-electron chi connectivity index (χ2n) is 5.46. The average molecular weight is 434 g/mol. The third-order valence-electron chi connectivity index (χ3n) is 3.87. The zero-order valence-electron chi connectivity index (χ0n) is 17.4. The minimum Gasteiger partial charge on any atom is -0.493 e. The fraction of sp³-hybridized carbons (Fsp3) is 0.263. The van der Waals surface area contributed by atoms with Crippen molar-refractivity contribution in [2.75, 3.05) is 32.4 Å². The maximum Gasteiger partial charge on any atom is 0.226 e. The van der Waals surface area contributed by atoms with Gasteiger partial charge in [-0.05, 0) is 11.6 Å². The Morgan fingerprint density at radius 3 is 2.27 bits per heavy atom. The molecule has 4 N–H and O–H groups in total. The van der Waals surface area contributed by atoms with Crippen LogP contribution in [0.1, 0.15) is 19.4 Å². The van der Waals surface area contributed by atoms with Gasteiger partial charge in [0, 0.05) is 18.3 Å². The van der Waals surface area contributed by atoms with E-state index in [0.717, 1.165) is 11.9 Å². The van der Waals surface area contributed by atoms with Crippen LogP contribution in [0.25, 0.3) is 5.69 Å². The number of rotatable bonds is 7. The molecule has 3 rings (SSSR count). The van der Waals surface area contributed by atoms with E-state index in [-0.39, 0.29) is 16.9 Å². The first-order valence-corrected chi connectivity index (χ1v) is 9.33. The summed E-state index contributed by atoms with van der Waals surface area (Å²) in [5.74, 6) is 2.37. The first kappa shape index (κ1) is 22.8. The molecule has 160 valence electrons. The first-order valence-electron chi connectivity index (χ1n) is 8.95. The molecule has 0 bridgehead atoms. The largest absolute Gasteiger partial charge is 0.493 e. The molecule has 1 aromatic carbocycles. The number of halogens is 1. The molecule has 0 fully saturated rings. The quantitative estimate of drug-likeness (QED) is 0.379. The smallest absolute Gasteiger partial charge is 0.226 e. The second-order valence-corrected chi connectivity index (χ2v) is 5.80. The van der Waals surface area contributed by atoms with Gasteiger partial charge in [0.25, 0.3) is 0 Å². The summed E-state index contributed by atoms with van der Waals surface area (Å²) in [5.41, 5.74) is 6.83. The molecule has 2 heterocycles. The minimum absolute atomic E-state index is 0.0327. The molecular weight excluding hydrogens is 410 g/mol. The molecule has 0 radical (unpaired) electrons. The molecule has 0 saturated heterocycles. The third-order valence-corrected chi connectivity index (χ3v) is 4.04. The molecule has 0 unspecified atom stereocenters. The SMILES string of the molecule is CC.COc1cc(-n2cnc(Nc3nc(Cl)nc(N)c3C=N)c2)cc(OC)c1OC. The minimum atomic E-state index is -0.0327. The standard InChI is InChI=1S/C17H18ClN7O3.C2H6/c1-26-11-4-9(5-12(27-2)14(11)28-3)25-7-13(21-8-25)22-16-10(6-19)15(20)23-17(18)24-16;1-2/h4-8,19H,1-3H3,(H3,20,22,23,24);1-2H3. The second kappa shape index (κ2) is 10.3. The molecule has 10 nitrogen and oxygen atoms in total. The normalized spacial score (nSPS) is 9.93. The van der Waals surface area contributed by atoms with E-state index in [2.05, 4.69) is 20.3 Å². The van der Waals surface area contributed by atoms with Crippen molar-refractivity contribution in [3.63, 3.8) is 0 Å². The number of hydrogen-bond acceptors (Lipinski definition) is 9. The predicted octanol–water partition coefficient (Wildman–Crippen LogP) is 3.69. The van der Waals surface area contributed by atoms with Crippen molar-refractivity contribution in [3.05, 3.63) is 35.5 Å². The van der Waals surface area contributed by atoms with Crippen molar-refractivity contribution in [2.45, 2.75) is 13.8 Å². The van der Waals surface area contributed by atoms with E-state index in [1.54, 1.807) is 50.6 Å². The molecule has 0 aliphatic rings. The summed E-state index contributed by atoms with van der Waals surface area (Å²) in [6.45, 7) is 4.00. The molecule has 0 aliphatic heterocycles. The Morgan fingerprint density at radius 1 is 1.10 bits per heavy atom. The van der Waals surface area contributed by atoms with E-state index in [1.165, 1.54) is 0 Å². The number of hydrogen-bond donors (Lipinski definition) is 3. The highest BCUT2D eigenvalue weighted by molar-refractivity contribution is 6.28. The molecule has 0 amide bonds. The number of benzene rings is 1. The van der Waals surface area contributed by atoms with Crippen LogP contribution >= 0.6 is 11.6 Å². The summed E-state index contributed by atoms with van der Waals surface area (Å²) in [5, 5.41) is 10.5. The molecular formula is C19H24ClN7O3. The lowest BCUT2D eigenvalue weighted by Crippen LogP contribution is -2.05. The number of anilines is 3. The van der Waals surface area contributed by atoms with Gasteiger partial charge in [-0.2, -0.15) is 4.98 Å². The summed E-state index contributed by atoms with van der Waals surface area (Å²) in [6.07, 6.45) is 4.37. The molecule has 0 spiro atoms. The molecule has 0 atom stereocenters. The van der Waals surface area contributed by atoms with Crippen LogP contribution in [0, 0.1) is 5.41 Å². The zero-order chi connectivity index (χ0) is 22.3. The maximum atomic E-state index is 7.50. The van der Waals surface area contributed by atoms with Crippen LogP contribution < -0.4 is 25.3 Å². The summed E-state index contributed by atoms with van der Waals surface area (Å²) in [6, 6.07) is 3.57. The lowest BCUT2D eigenvalue weighted by atomic mass is 10.2. The van der Waals surface area contributed by atoms with Crippen molar-refractivity contribution in [3.8, 4) is 22.9 Å². The van der Waals surface area contributed by atoms with Crippen LogP contribution in [0.2, 0.25) is 5.28 Å². The third kappa shape index (κ3) is 4.71. The Hall–Kier alpha value is -3.53. The Balaban J connectivity index is 0.00000155. The topological polar surface area (TPSA) is 133 Å². The van der Waals surface area contributed by atoms with Crippen LogP contribution in [-0.2, 0) is 0 Å². The van der Waals surface area contributed by atoms with Gasteiger partial charge in [0.2, 0.25) is 11.0 Å². The Labute approximate surface area is 179 Å². The van der Waals surface area contributed by atoms with Crippen molar-refractivity contribution in [1.82, 2.24) is 19.5 Å². The monoisotopic (exact) mass is 433 g/mol. The number of ether oxygens (including phenoxy) is 3. The van der Waals surface area contributed by atoms with Gasteiger partial charge in [0.05, 0.1) is 38.8 Å². The predicted molar refractivity (Wildman–Crippen MR) is 117 cm³/mol. The van der Waals surface area contributed by atoms with E-state index in [9.17, 15) is 0 Å². The first-order chi connectivity index (χ1) is 14.5. The van der Waals surface area contributed by atoms with Crippen molar-refractivity contribution in [2.24, 2.45) is 0 Å². The highest BCUT2D eigenvalue weighted by Crippen LogP contribution is 2.39. The number of methoxy groups -OCH3 is 3. The summed E-state index contributed by atoms with van der Waals surface area (Å²) < 4.78 is 17.8. The lowest BCUT2D eigenvalue weighted by Gasteiger charge is -2.14. The lowest BCUT2D eigenvalue weighted by molar-refractivity contribution is 0.324. The van der Waals surface area contributed by atoms with Gasteiger partial charge in [-0.25, -0.2) is 9.97 Å². The van der Waals surface area contributed by atoms with Gasteiger partial charge in [-0.1, -0.05) is 13.8 Å². The van der Waals surface area contributed by atoms with Gasteiger partial charge >= 0.3 is 0 Å². The fourth-order valence-electron chi connectivity index (χ4n) is 2.56. The van der Waals surface area contributed by atoms with Crippen LogP contribution in [0.15, 0.2) is 24.7 Å². The van der Waals surface area contributed by atoms with Gasteiger partial charge in [-0.15, -0.1) is 0 Å². The number of nitrogens with one attached hydrogen (secondary N) is 2. The van der Waals surface area contributed by atoms with E-state index in [0.29, 0.717) is 28.6 Å². The number of nitrogens with two attached hydrogens (primary N) is 1. The number of nitrogen functional groups attached to an aromatic ring is 1. The van der Waals surface area contributed by atoms with Gasteiger partial charge < -0.3 is 35.2 Å². The Bertz CT molecular complexity index is 998. The summed E-state index contributed by atoms with van der Waals surface area (Å²) in [4.78, 5) is 12.2. The van der Waals surface area contributed by atoms with Gasteiger partial charge in [-0.3, -0.25) is 0 Å². The van der Waals surface area contributed by atoms with Crippen LogP contribution in [0.5, 0.6) is 17.2 Å². The van der Waals surface area contributed by atoms with E-state index in [4.69, 9.17) is 37.0 Å². The van der Waals surface area contributed by atoms with Gasteiger partial charge in [0.1, 0.15) is 23.8 Å². The Morgan fingerprint density at radius 2 is 1.73 bits per heavy atom. The molecule has 30 heavy (non-hydrogen) atoms. The Kier molecular flexibility index (Phi) is 7.82. The highest BCUT2D eigenvalue weighted by Gasteiger charge is 2.15. The molecule has 2 aromatic heterocycles. The highest BCUT2D eigenvalue weighted by atomic mass is 35.5. The van der Waals surface area contributed by atoms with Crippen molar-refractivity contribution in [1.29, 1.82) is 5.41 Å². The van der Waals surface area contributed by atoms with Crippen molar-refractivity contribution < 1.29 is 14.2 Å². The molecule has 3 aromatic rings. The van der Waals surface area contributed by atoms with Crippen LogP contribution in [-0.4, -0.2) is 47.1 Å². The van der Waals surface area contributed by atoms with E-state index in [1.807, 2.05) is 13.8 Å². The molecule has 0 saturated carbocycles. The molecule has 0 aliphatic carbocycles. The number of imidazole rings is 1. The van der Waals surface area contributed by atoms with Gasteiger partial charge in [0.15, 0.2) is 11.5 Å². The van der Waals surface area contributed by atoms with E-state index < -0.39 is 0 Å². The zero-order valence-corrected chi connectivity index (χ0v) is 18.1. The number of aromatic nitrogens is 4. The van der Waals surface area contributed by atoms with Crippen molar-refractivity contribution >= 4 is 35.3 Å². The fourth-order valence-corrected chi connectivity index (χ4v) is 2.74. The summed E-state index contributed by atoms with van der Waals surface area (Å²) in [7, 11) is 4.63. The number of nitrogens with zero attached hydrogens (tertiary/aromatic N) is 4. The summed E-state index contributed by atoms with van der Waals surface area (Å²) >= 11 is 5.86. The van der Waals surface area contributed by atoms with E-state index >= 15 is 0 Å². The molecule has 11 heteroatoms. The average Bonchev–Trinajstić information content (AvgIpc) is 3.22. The van der Waals surface area contributed by atoms with Crippen LogP contribution in [0.4, 0.5) is 17.5 Å². The van der Waals surface area contributed by atoms with Crippen LogP contribution in [0.3, 0.4) is 0 Å².